The highest BCUT2D eigenvalue weighted by atomic mass is 15.1. The Morgan fingerprint density at radius 3 is 2.50 bits per heavy atom. The molecule has 1 heterocycles. The summed E-state index contributed by atoms with van der Waals surface area (Å²) in [6.45, 7) is 8.56. The minimum Gasteiger partial charge on any atom is -0.251 e. The summed E-state index contributed by atoms with van der Waals surface area (Å²) in [4.78, 5) is 1.80. The van der Waals surface area contributed by atoms with Crippen LogP contribution in [0.15, 0.2) is 42.1 Å². The van der Waals surface area contributed by atoms with Crippen LogP contribution in [0.5, 0.6) is 0 Å². The van der Waals surface area contributed by atoms with E-state index in [4.69, 9.17) is 0 Å². The van der Waals surface area contributed by atoms with Crippen LogP contribution >= 0.6 is 0 Å². The Hall–Kier alpha value is -2.01. The van der Waals surface area contributed by atoms with Gasteiger partial charge in [-0.1, -0.05) is 63.8 Å². The third-order valence-electron chi connectivity index (χ3n) is 4.49. The number of hydrogen-bond donors (Lipinski definition) is 0. The average Bonchev–Trinajstić information content (AvgIpc) is 2.55. The summed E-state index contributed by atoms with van der Waals surface area (Å²) in [5, 5.41) is 9.60. The number of fused-ring (bicyclic) bond motifs is 1. The van der Waals surface area contributed by atoms with Gasteiger partial charge in [0.15, 0.2) is 6.19 Å². The van der Waals surface area contributed by atoms with E-state index in [1.54, 1.807) is 4.90 Å². The molecule has 1 aromatic rings. The molecule has 0 spiro atoms. The molecule has 116 valence electrons. The molecule has 2 heteroatoms. The van der Waals surface area contributed by atoms with Crippen LogP contribution in [0.3, 0.4) is 0 Å². The Labute approximate surface area is 134 Å². The van der Waals surface area contributed by atoms with Gasteiger partial charge in [-0.25, -0.2) is 0 Å². The van der Waals surface area contributed by atoms with Crippen molar-refractivity contribution in [3.05, 3.63) is 47.7 Å². The third kappa shape index (κ3) is 3.42. The van der Waals surface area contributed by atoms with Crippen molar-refractivity contribution in [2.24, 2.45) is 0 Å². The molecule has 0 amide bonds. The average molecular weight is 294 g/mol. The summed E-state index contributed by atoms with van der Waals surface area (Å²) in [6, 6.07) is 8.05. The lowest BCUT2D eigenvalue weighted by atomic mass is 9.90. The predicted molar refractivity (Wildman–Crippen MR) is 94.3 cm³/mol. The molecule has 0 unspecified atom stereocenters. The molecule has 0 aromatic heterocycles. The minimum absolute atomic E-state index is 0.957. The van der Waals surface area contributed by atoms with Gasteiger partial charge in [-0.05, 0) is 37.0 Å². The number of hydrogen-bond acceptors (Lipinski definition) is 2. The first kappa shape index (κ1) is 16.4. The normalized spacial score (nSPS) is 14.0. The summed E-state index contributed by atoms with van der Waals surface area (Å²) in [5.74, 6) is 0. The first-order chi connectivity index (χ1) is 10.7. The molecule has 1 aliphatic rings. The van der Waals surface area contributed by atoms with E-state index < -0.39 is 0 Å². The van der Waals surface area contributed by atoms with Crippen molar-refractivity contribution in [1.29, 1.82) is 5.26 Å². The van der Waals surface area contributed by atoms with Gasteiger partial charge in [0.1, 0.15) is 0 Å². The molecule has 0 saturated carbocycles. The number of benzene rings is 1. The van der Waals surface area contributed by atoms with Gasteiger partial charge in [0.25, 0.3) is 0 Å². The van der Waals surface area contributed by atoms with Gasteiger partial charge in [-0.3, -0.25) is 4.90 Å². The lowest BCUT2D eigenvalue weighted by Crippen LogP contribution is -2.22. The zero-order valence-electron chi connectivity index (χ0n) is 13.9. The Kier molecular flexibility index (Phi) is 5.83. The summed E-state index contributed by atoms with van der Waals surface area (Å²) in [5.41, 5.74) is 5.40. The van der Waals surface area contributed by atoms with Gasteiger partial charge in [0.05, 0.1) is 5.69 Å². The summed E-state index contributed by atoms with van der Waals surface area (Å²) in [6.07, 6.45) is 10.9. The van der Waals surface area contributed by atoms with Crippen LogP contribution in [0.1, 0.15) is 64.4 Å². The molecule has 1 aromatic carbocycles. The third-order valence-corrected chi connectivity index (χ3v) is 4.49. The van der Waals surface area contributed by atoms with Crippen LogP contribution < -0.4 is 4.90 Å². The van der Waals surface area contributed by atoms with Crippen molar-refractivity contribution >= 4 is 11.3 Å². The molecule has 22 heavy (non-hydrogen) atoms. The van der Waals surface area contributed by atoms with Gasteiger partial charge >= 0.3 is 0 Å². The second-order valence-electron chi connectivity index (χ2n) is 6.02. The SMILES string of the molecule is C=C1C(C)=C(CCCCCCCC)N(C#N)c2ccccc21. The molecule has 0 bridgehead atoms. The monoisotopic (exact) mass is 294 g/mol. The van der Waals surface area contributed by atoms with E-state index in [0.717, 1.165) is 40.9 Å². The second-order valence-corrected chi connectivity index (χ2v) is 6.02. The van der Waals surface area contributed by atoms with Crippen LogP contribution in [0.4, 0.5) is 5.69 Å². The molecule has 2 rings (SSSR count). The number of nitriles is 1. The van der Waals surface area contributed by atoms with E-state index >= 15 is 0 Å². The minimum atomic E-state index is 0.957. The highest BCUT2D eigenvalue weighted by molar-refractivity contribution is 5.90. The fourth-order valence-corrected chi connectivity index (χ4v) is 3.10. The van der Waals surface area contributed by atoms with E-state index in [1.165, 1.54) is 32.1 Å². The van der Waals surface area contributed by atoms with Gasteiger partial charge < -0.3 is 0 Å². The Balaban J connectivity index is 2.08. The highest BCUT2D eigenvalue weighted by Gasteiger charge is 2.24. The maximum atomic E-state index is 9.60. The van der Waals surface area contributed by atoms with Crippen LogP contribution in [-0.2, 0) is 0 Å². The quantitative estimate of drug-likeness (QED) is 0.454. The van der Waals surface area contributed by atoms with Crippen molar-refractivity contribution in [2.45, 2.75) is 58.8 Å². The maximum Gasteiger partial charge on any atom is 0.189 e. The van der Waals surface area contributed by atoms with Crippen LogP contribution in [-0.4, -0.2) is 0 Å². The summed E-state index contributed by atoms with van der Waals surface area (Å²) >= 11 is 0. The van der Waals surface area contributed by atoms with E-state index in [2.05, 4.69) is 26.6 Å². The van der Waals surface area contributed by atoms with E-state index in [9.17, 15) is 5.26 Å². The van der Waals surface area contributed by atoms with Crippen LogP contribution in [0, 0.1) is 11.5 Å². The zero-order valence-corrected chi connectivity index (χ0v) is 13.9. The lowest BCUT2D eigenvalue weighted by Gasteiger charge is -2.30. The molecule has 0 fully saturated rings. The molecule has 1 aliphatic heterocycles. The number of anilines is 1. The van der Waals surface area contributed by atoms with Gasteiger partial charge in [0.2, 0.25) is 0 Å². The smallest absolute Gasteiger partial charge is 0.189 e. The Morgan fingerprint density at radius 2 is 1.77 bits per heavy atom. The van der Waals surface area contributed by atoms with Gasteiger partial charge in [-0.15, -0.1) is 0 Å². The van der Waals surface area contributed by atoms with E-state index in [-0.39, 0.29) is 0 Å². The van der Waals surface area contributed by atoms with E-state index in [1.807, 2.05) is 24.3 Å². The fourth-order valence-electron chi connectivity index (χ4n) is 3.10. The maximum absolute atomic E-state index is 9.60. The molecule has 0 aliphatic carbocycles. The van der Waals surface area contributed by atoms with Gasteiger partial charge in [0, 0.05) is 11.3 Å². The summed E-state index contributed by atoms with van der Waals surface area (Å²) in [7, 11) is 0. The molecule has 0 atom stereocenters. The van der Waals surface area contributed by atoms with Crippen LogP contribution in [0.2, 0.25) is 0 Å². The van der Waals surface area contributed by atoms with Crippen LogP contribution in [0.25, 0.3) is 5.57 Å². The second kappa shape index (κ2) is 7.84. The first-order valence-electron chi connectivity index (χ1n) is 8.39. The largest absolute Gasteiger partial charge is 0.251 e. The molecule has 0 saturated heterocycles. The number of nitrogens with zero attached hydrogens (tertiary/aromatic N) is 2. The molecule has 0 radical (unpaired) electrons. The number of unbranched alkanes of at least 4 members (excludes halogenated alkanes) is 5. The van der Waals surface area contributed by atoms with E-state index in [0.29, 0.717) is 0 Å². The highest BCUT2D eigenvalue weighted by Crippen LogP contribution is 2.40. The standard InChI is InChI=1S/C20H26N2/c1-4-5-6-7-8-9-13-19-17(3)16(2)18-12-10-11-14-20(18)22(19)15-21/h10-12,14H,2,4-9,13H2,1,3H3. The summed E-state index contributed by atoms with van der Waals surface area (Å²) < 4.78 is 0. The lowest BCUT2D eigenvalue weighted by molar-refractivity contribution is 0.604. The number of allylic oxidation sites excluding steroid dienone is 3. The zero-order chi connectivity index (χ0) is 15.9. The van der Waals surface area contributed by atoms with Crippen molar-refractivity contribution in [3.63, 3.8) is 0 Å². The Morgan fingerprint density at radius 1 is 1.09 bits per heavy atom. The van der Waals surface area contributed by atoms with Crippen molar-refractivity contribution < 1.29 is 0 Å². The van der Waals surface area contributed by atoms with Crippen molar-refractivity contribution in [2.75, 3.05) is 4.90 Å². The first-order valence-corrected chi connectivity index (χ1v) is 8.39. The molecule has 2 nitrogen and oxygen atoms in total. The molecule has 0 N–H and O–H groups in total. The van der Waals surface area contributed by atoms with Crippen molar-refractivity contribution in [1.82, 2.24) is 0 Å². The number of rotatable bonds is 7. The van der Waals surface area contributed by atoms with Gasteiger partial charge in [-0.2, -0.15) is 5.26 Å². The predicted octanol–water partition coefficient (Wildman–Crippen LogP) is 6.03. The Bertz CT molecular complexity index is 604. The molecular weight excluding hydrogens is 268 g/mol. The number of para-hydroxylation sites is 1. The van der Waals surface area contributed by atoms with Crippen molar-refractivity contribution in [3.8, 4) is 6.19 Å². The molecular formula is C20H26N2. The fraction of sp³-hybridized carbons (Fsp3) is 0.450. The topological polar surface area (TPSA) is 27.0 Å².